The van der Waals surface area contributed by atoms with Crippen LogP contribution in [0.4, 0.5) is 5.69 Å². The van der Waals surface area contributed by atoms with Crippen molar-refractivity contribution in [2.24, 2.45) is 5.73 Å². The molecule has 0 aliphatic carbocycles. The summed E-state index contributed by atoms with van der Waals surface area (Å²) in [5.41, 5.74) is 5.29. The summed E-state index contributed by atoms with van der Waals surface area (Å²) < 4.78 is 26.3. The number of primary amides is 1. The molecule has 0 bridgehead atoms. The van der Waals surface area contributed by atoms with E-state index in [4.69, 9.17) is 5.73 Å². The predicted molar refractivity (Wildman–Crippen MR) is 71.8 cm³/mol. The summed E-state index contributed by atoms with van der Waals surface area (Å²) in [5, 5.41) is 10.6. The van der Waals surface area contributed by atoms with Crippen LogP contribution in [0.1, 0.15) is 9.67 Å². The lowest BCUT2D eigenvalue weighted by Gasteiger charge is -2.06. The van der Waals surface area contributed by atoms with Crippen molar-refractivity contribution in [3.63, 3.8) is 0 Å². The molecule has 0 atom stereocenters. The molecule has 0 saturated carbocycles. The highest BCUT2D eigenvalue weighted by molar-refractivity contribution is 7.92. The molecule has 0 fully saturated rings. The molecule has 1 aromatic carbocycles. The number of sulfonamides is 1. The van der Waals surface area contributed by atoms with Crippen LogP contribution in [0.2, 0.25) is 0 Å². The fourth-order valence-corrected chi connectivity index (χ4v) is 3.55. The first-order valence-electron chi connectivity index (χ1n) is 5.09. The van der Waals surface area contributed by atoms with E-state index < -0.39 is 15.9 Å². The molecule has 8 heteroatoms. The molecule has 4 N–H and O–H groups in total. The van der Waals surface area contributed by atoms with Crippen molar-refractivity contribution in [3.05, 3.63) is 40.6 Å². The van der Waals surface area contributed by atoms with Crippen LogP contribution in [0.15, 0.2) is 40.6 Å². The van der Waals surface area contributed by atoms with Crippen molar-refractivity contribution in [2.75, 3.05) is 4.72 Å². The van der Waals surface area contributed by atoms with Crippen LogP contribution >= 0.6 is 11.3 Å². The number of hydrogen-bond acceptors (Lipinski definition) is 5. The smallest absolute Gasteiger partial charge is 0.262 e. The minimum Gasteiger partial charge on any atom is -0.508 e. The average molecular weight is 298 g/mol. The van der Waals surface area contributed by atoms with Gasteiger partial charge < -0.3 is 10.8 Å². The number of nitrogens with one attached hydrogen (secondary N) is 1. The third-order valence-electron chi connectivity index (χ3n) is 2.23. The summed E-state index contributed by atoms with van der Waals surface area (Å²) in [4.78, 5) is 11.0. The fourth-order valence-electron chi connectivity index (χ4n) is 1.37. The number of aromatic hydroxyl groups is 1. The maximum Gasteiger partial charge on any atom is 0.262 e. The lowest BCUT2D eigenvalue weighted by Crippen LogP contribution is -2.12. The van der Waals surface area contributed by atoms with Gasteiger partial charge in [-0.25, -0.2) is 8.42 Å². The number of rotatable bonds is 4. The Morgan fingerprint density at radius 3 is 2.63 bits per heavy atom. The normalized spacial score (nSPS) is 11.2. The Kier molecular flexibility index (Phi) is 3.45. The van der Waals surface area contributed by atoms with Gasteiger partial charge in [-0.2, -0.15) is 0 Å². The summed E-state index contributed by atoms with van der Waals surface area (Å²) in [5.74, 6) is -0.729. The van der Waals surface area contributed by atoms with E-state index in [2.05, 4.69) is 4.72 Å². The van der Waals surface area contributed by atoms with Crippen LogP contribution in [0, 0.1) is 0 Å². The van der Waals surface area contributed by atoms with E-state index in [-0.39, 0.29) is 21.2 Å². The van der Waals surface area contributed by atoms with Gasteiger partial charge in [0.25, 0.3) is 15.9 Å². The molecule has 2 aromatic rings. The monoisotopic (exact) mass is 298 g/mol. The first-order chi connectivity index (χ1) is 8.88. The molecular formula is C11H10N2O4S2. The number of anilines is 1. The first-order valence-corrected chi connectivity index (χ1v) is 7.45. The summed E-state index contributed by atoms with van der Waals surface area (Å²) in [6.45, 7) is 0. The van der Waals surface area contributed by atoms with E-state index in [0.29, 0.717) is 0 Å². The number of hydrogen-bond donors (Lipinski definition) is 3. The summed E-state index contributed by atoms with van der Waals surface area (Å²) >= 11 is 0.955. The molecule has 0 saturated heterocycles. The number of benzene rings is 1. The van der Waals surface area contributed by atoms with Gasteiger partial charge in [0.1, 0.15) is 5.75 Å². The number of amides is 1. The van der Waals surface area contributed by atoms with Crippen molar-refractivity contribution in [1.29, 1.82) is 0 Å². The molecule has 0 radical (unpaired) electrons. The quantitative estimate of drug-likeness (QED) is 0.791. The molecule has 100 valence electrons. The molecular weight excluding hydrogens is 288 g/mol. The molecule has 0 aliphatic rings. The zero-order valence-corrected chi connectivity index (χ0v) is 11.2. The molecule has 0 spiro atoms. The van der Waals surface area contributed by atoms with E-state index in [0.717, 1.165) is 11.3 Å². The largest absolute Gasteiger partial charge is 0.508 e. The Labute approximate surface area is 113 Å². The lowest BCUT2D eigenvalue weighted by molar-refractivity contribution is 0.100. The second-order valence-electron chi connectivity index (χ2n) is 3.67. The van der Waals surface area contributed by atoms with Crippen molar-refractivity contribution in [2.45, 2.75) is 4.90 Å². The standard InChI is InChI=1S/C11H10N2O4S2/c12-11(15)10-5-9(6-18-10)19(16,17)13-7-2-1-3-8(14)4-7/h1-6,13-14H,(H2,12,15). The molecule has 1 amide bonds. The van der Waals surface area contributed by atoms with Crippen LogP contribution in [-0.2, 0) is 10.0 Å². The maximum atomic E-state index is 12.0. The van der Waals surface area contributed by atoms with Crippen LogP contribution in [0.5, 0.6) is 5.75 Å². The molecule has 6 nitrogen and oxygen atoms in total. The van der Waals surface area contributed by atoms with Crippen molar-refractivity contribution < 1.29 is 18.3 Å². The SMILES string of the molecule is NC(=O)c1cc(S(=O)(=O)Nc2cccc(O)c2)cs1. The van der Waals surface area contributed by atoms with Gasteiger partial charge in [0.15, 0.2) is 0 Å². The van der Waals surface area contributed by atoms with Crippen LogP contribution in [0.25, 0.3) is 0 Å². The third kappa shape index (κ3) is 3.04. The van der Waals surface area contributed by atoms with Crippen molar-refractivity contribution >= 4 is 33.0 Å². The van der Waals surface area contributed by atoms with E-state index in [1.54, 1.807) is 0 Å². The molecule has 0 aliphatic heterocycles. The second kappa shape index (κ2) is 4.90. The van der Waals surface area contributed by atoms with Gasteiger partial charge in [-0.05, 0) is 18.2 Å². The Hall–Kier alpha value is -2.06. The lowest BCUT2D eigenvalue weighted by atomic mass is 10.3. The van der Waals surface area contributed by atoms with E-state index >= 15 is 0 Å². The highest BCUT2D eigenvalue weighted by atomic mass is 32.2. The number of carbonyl (C=O) groups is 1. The van der Waals surface area contributed by atoms with Crippen LogP contribution in [-0.4, -0.2) is 19.4 Å². The number of carbonyl (C=O) groups excluding carboxylic acids is 1. The van der Waals surface area contributed by atoms with Gasteiger partial charge in [-0.1, -0.05) is 6.07 Å². The Balaban J connectivity index is 2.29. The molecule has 1 heterocycles. The van der Waals surface area contributed by atoms with Gasteiger partial charge in [0.2, 0.25) is 0 Å². The summed E-state index contributed by atoms with van der Waals surface area (Å²) in [6, 6.07) is 6.92. The molecule has 2 rings (SSSR count). The highest BCUT2D eigenvalue weighted by Crippen LogP contribution is 2.23. The maximum absolute atomic E-state index is 12.0. The van der Waals surface area contributed by atoms with E-state index in [9.17, 15) is 18.3 Å². The second-order valence-corrected chi connectivity index (χ2v) is 6.26. The fraction of sp³-hybridized carbons (Fsp3) is 0. The van der Waals surface area contributed by atoms with Gasteiger partial charge in [0, 0.05) is 11.4 Å². The Bertz CT molecular complexity index is 722. The minimum atomic E-state index is -3.80. The van der Waals surface area contributed by atoms with Gasteiger partial charge >= 0.3 is 0 Å². The van der Waals surface area contributed by atoms with Gasteiger partial charge in [-0.3, -0.25) is 9.52 Å². The average Bonchev–Trinajstić information content (AvgIpc) is 2.78. The molecule has 0 unspecified atom stereocenters. The Morgan fingerprint density at radius 1 is 1.32 bits per heavy atom. The third-order valence-corrected chi connectivity index (χ3v) is 4.68. The number of phenolic OH excluding ortho intramolecular Hbond substituents is 1. The molecule has 1 aromatic heterocycles. The predicted octanol–water partition coefficient (Wildman–Crippen LogP) is 1.35. The summed E-state index contributed by atoms with van der Waals surface area (Å²) in [6.07, 6.45) is 0. The van der Waals surface area contributed by atoms with Crippen LogP contribution in [0.3, 0.4) is 0 Å². The van der Waals surface area contributed by atoms with E-state index in [1.807, 2.05) is 0 Å². The van der Waals surface area contributed by atoms with Crippen molar-refractivity contribution in [1.82, 2.24) is 0 Å². The van der Waals surface area contributed by atoms with Gasteiger partial charge in [-0.15, -0.1) is 11.3 Å². The van der Waals surface area contributed by atoms with Crippen LogP contribution < -0.4 is 10.5 Å². The van der Waals surface area contributed by atoms with E-state index in [1.165, 1.54) is 35.7 Å². The highest BCUT2D eigenvalue weighted by Gasteiger charge is 2.18. The zero-order valence-electron chi connectivity index (χ0n) is 9.53. The van der Waals surface area contributed by atoms with Gasteiger partial charge in [0.05, 0.1) is 15.5 Å². The minimum absolute atomic E-state index is 0.0466. The zero-order chi connectivity index (χ0) is 14.0. The number of thiophene rings is 1. The first kappa shape index (κ1) is 13.4. The van der Waals surface area contributed by atoms with Crippen molar-refractivity contribution in [3.8, 4) is 5.75 Å². The summed E-state index contributed by atoms with van der Waals surface area (Å²) in [7, 11) is -3.80. The molecule has 19 heavy (non-hydrogen) atoms. The number of phenols is 1. The topological polar surface area (TPSA) is 109 Å². The number of nitrogens with two attached hydrogens (primary N) is 1. The Morgan fingerprint density at radius 2 is 2.05 bits per heavy atom.